The fourth-order valence-electron chi connectivity index (χ4n) is 2.70. The van der Waals surface area contributed by atoms with Crippen LogP contribution in [0.3, 0.4) is 0 Å². The quantitative estimate of drug-likeness (QED) is 0.123. The molecule has 6 unspecified atom stereocenters. The van der Waals surface area contributed by atoms with Gasteiger partial charge in [0, 0.05) is 0 Å². The molecule has 3 amide bonds. The number of aliphatic hydroxyl groups excluding tert-OH is 2. The maximum Gasteiger partial charge on any atom is 0.326 e. The molecule has 6 atom stereocenters. The van der Waals surface area contributed by atoms with Crippen molar-refractivity contribution < 1.29 is 34.5 Å². The van der Waals surface area contributed by atoms with Crippen LogP contribution in [0.25, 0.3) is 0 Å². The average molecular weight is 448 g/mol. The Balaban J connectivity index is 5.12. The van der Waals surface area contributed by atoms with Crippen LogP contribution in [0.4, 0.5) is 0 Å². The van der Waals surface area contributed by atoms with Crippen LogP contribution in [0.2, 0.25) is 0 Å². The van der Waals surface area contributed by atoms with E-state index >= 15 is 0 Å². The van der Waals surface area contributed by atoms with Gasteiger partial charge >= 0.3 is 5.97 Å². The van der Waals surface area contributed by atoms with Crippen molar-refractivity contribution in [2.24, 2.45) is 17.4 Å². The Morgan fingerprint density at radius 1 is 0.935 bits per heavy atom. The molecule has 31 heavy (non-hydrogen) atoms. The van der Waals surface area contributed by atoms with Crippen LogP contribution in [-0.4, -0.2) is 82.4 Å². The lowest BCUT2D eigenvalue weighted by molar-refractivity contribution is -0.144. The summed E-state index contributed by atoms with van der Waals surface area (Å²) >= 11 is 0. The first-order valence-corrected chi connectivity index (χ1v) is 10.4. The molecule has 0 aromatic rings. The van der Waals surface area contributed by atoms with Gasteiger partial charge in [0.1, 0.15) is 18.1 Å². The van der Waals surface area contributed by atoms with Crippen molar-refractivity contribution in [3.63, 3.8) is 0 Å². The Bertz CT molecular complexity index is 602. The molecule has 0 aliphatic carbocycles. The van der Waals surface area contributed by atoms with Crippen LogP contribution >= 0.6 is 0 Å². The Labute approximate surface area is 182 Å². The van der Waals surface area contributed by atoms with Gasteiger partial charge in [-0.15, -0.1) is 0 Å². The maximum absolute atomic E-state index is 12.5. The van der Waals surface area contributed by atoms with Crippen LogP contribution in [0.5, 0.6) is 0 Å². The molecule has 0 aliphatic heterocycles. The summed E-state index contributed by atoms with van der Waals surface area (Å²) in [5.74, 6) is -4.13. The van der Waals surface area contributed by atoms with E-state index in [2.05, 4.69) is 16.0 Å². The van der Waals surface area contributed by atoms with Gasteiger partial charge in [-0.05, 0) is 32.2 Å². The topological polar surface area (TPSA) is 217 Å². The fraction of sp³-hybridized carbons (Fsp3) is 0.789. The number of hydrogen-bond donors (Lipinski definition) is 8. The van der Waals surface area contributed by atoms with Gasteiger partial charge in [-0.1, -0.05) is 26.7 Å². The third kappa shape index (κ3) is 10.0. The lowest BCUT2D eigenvalue weighted by atomic mass is 9.99. The van der Waals surface area contributed by atoms with Crippen molar-refractivity contribution >= 4 is 23.7 Å². The number of hydrogen-bond acceptors (Lipinski definition) is 8. The third-order valence-electron chi connectivity index (χ3n) is 4.96. The number of carboxylic acid groups (broad SMARTS) is 1. The minimum Gasteiger partial charge on any atom is -0.480 e. The predicted octanol–water partition coefficient (Wildman–Crippen LogP) is -2.60. The lowest BCUT2D eigenvalue weighted by Crippen LogP contribution is -2.60. The second kappa shape index (κ2) is 14.7. The number of aliphatic carboxylic acids is 1. The summed E-state index contributed by atoms with van der Waals surface area (Å²) in [5, 5.41) is 35.5. The summed E-state index contributed by atoms with van der Waals surface area (Å²) in [6.45, 7) is 4.30. The third-order valence-corrected chi connectivity index (χ3v) is 4.96. The highest BCUT2D eigenvalue weighted by molar-refractivity contribution is 5.94. The normalized spacial score (nSPS) is 16.9. The first kappa shape index (κ1) is 28.7. The molecule has 0 rings (SSSR count). The average Bonchev–Trinajstić information content (AvgIpc) is 2.72. The van der Waals surface area contributed by atoms with E-state index in [0.717, 1.165) is 0 Å². The number of aliphatic hydroxyl groups is 2. The number of carbonyl (C=O) groups is 4. The van der Waals surface area contributed by atoms with Crippen molar-refractivity contribution in [3.05, 3.63) is 0 Å². The monoisotopic (exact) mass is 447 g/mol. The SMILES string of the molecule is CCC(C)C(NC(=O)C(CO)NC(=O)C(NC(=O)C(N)CCCCN)C(C)O)C(=O)O. The van der Waals surface area contributed by atoms with E-state index in [1.54, 1.807) is 13.8 Å². The van der Waals surface area contributed by atoms with Gasteiger partial charge in [0.2, 0.25) is 17.7 Å². The zero-order valence-electron chi connectivity index (χ0n) is 18.3. The summed E-state index contributed by atoms with van der Waals surface area (Å²) in [6, 6.07) is -5.03. The molecule has 0 aromatic heterocycles. The number of nitrogens with one attached hydrogen (secondary N) is 3. The van der Waals surface area contributed by atoms with Gasteiger partial charge in [-0.3, -0.25) is 14.4 Å². The molecular weight excluding hydrogens is 410 g/mol. The summed E-state index contributed by atoms with van der Waals surface area (Å²) in [4.78, 5) is 48.5. The molecule has 12 nitrogen and oxygen atoms in total. The highest BCUT2D eigenvalue weighted by Gasteiger charge is 2.33. The summed E-state index contributed by atoms with van der Waals surface area (Å²) in [6.07, 6.45) is 0.793. The Kier molecular flexibility index (Phi) is 13.6. The van der Waals surface area contributed by atoms with E-state index in [0.29, 0.717) is 32.2 Å². The standard InChI is InChI=1S/C19H37N5O7/c1-4-10(2)14(19(30)31)23-17(28)13(9-25)22-18(29)15(11(3)26)24-16(27)12(21)7-5-6-8-20/h10-15,25-26H,4-9,20-21H2,1-3H3,(H,22,29)(H,23,28)(H,24,27)(H,30,31). The molecule has 0 saturated heterocycles. The molecule has 0 bridgehead atoms. The van der Waals surface area contributed by atoms with Gasteiger partial charge in [-0.2, -0.15) is 0 Å². The van der Waals surface area contributed by atoms with Crippen molar-refractivity contribution in [2.75, 3.05) is 13.2 Å². The van der Waals surface area contributed by atoms with Crippen LogP contribution in [0, 0.1) is 5.92 Å². The van der Waals surface area contributed by atoms with Gasteiger partial charge in [0.25, 0.3) is 0 Å². The number of carboxylic acids is 1. The second-order valence-electron chi connectivity index (χ2n) is 7.57. The fourth-order valence-corrected chi connectivity index (χ4v) is 2.70. The summed E-state index contributed by atoms with van der Waals surface area (Å²) in [7, 11) is 0. The van der Waals surface area contributed by atoms with Crippen molar-refractivity contribution in [1.82, 2.24) is 16.0 Å². The molecule has 0 saturated carbocycles. The minimum atomic E-state index is -1.48. The molecule has 0 aliphatic rings. The Hall–Kier alpha value is -2.28. The zero-order valence-corrected chi connectivity index (χ0v) is 18.3. The molecule has 0 aromatic carbocycles. The predicted molar refractivity (Wildman–Crippen MR) is 113 cm³/mol. The highest BCUT2D eigenvalue weighted by atomic mass is 16.4. The van der Waals surface area contributed by atoms with Crippen LogP contribution in [-0.2, 0) is 19.2 Å². The first-order valence-electron chi connectivity index (χ1n) is 10.4. The maximum atomic E-state index is 12.5. The number of nitrogens with two attached hydrogens (primary N) is 2. The number of carbonyl (C=O) groups excluding carboxylic acids is 3. The zero-order chi connectivity index (χ0) is 24.1. The molecule has 0 fully saturated rings. The van der Waals surface area contributed by atoms with Gasteiger partial charge in [0.05, 0.1) is 18.8 Å². The van der Waals surface area contributed by atoms with E-state index < -0.39 is 60.6 Å². The molecule has 0 spiro atoms. The van der Waals surface area contributed by atoms with Crippen LogP contribution < -0.4 is 27.4 Å². The van der Waals surface area contributed by atoms with Gasteiger partial charge < -0.3 is 42.7 Å². The van der Waals surface area contributed by atoms with Crippen molar-refractivity contribution in [1.29, 1.82) is 0 Å². The Morgan fingerprint density at radius 3 is 1.97 bits per heavy atom. The van der Waals surface area contributed by atoms with Crippen LogP contribution in [0.15, 0.2) is 0 Å². The van der Waals surface area contributed by atoms with E-state index in [1.165, 1.54) is 6.92 Å². The van der Waals surface area contributed by atoms with E-state index in [-0.39, 0.29) is 5.92 Å². The Morgan fingerprint density at radius 2 is 1.52 bits per heavy atom. The first-order chi connectivity index (χ1) is 14.5. The largest absolute Gasteiger partial charge is 0.480 e. The minimum absolute atomic E-state index is 0.338. The second-order valence-corrected chi connectivity index (χ2v) is 7.57. The smallest absolute Gasteiger partial charge is 0.326 e. The highest BCUT2D eigenvalue weighted by Crippen LogP contribution is 2.08. The summed E-state index contributed by atoms with van der Waals surface area (Å²) in [5.41, 5.74) is 11.2. The van der Waals surface area contributed by atoms with E-state index in [4.69, 9.17) is 11.5 Å². The lowest BCUT2D eigenvalue weighted by Gasteiger charge is -2.26. The molecule has 0 radical (unpaired) electrons. The van der Waals surface area contributed by atoms with Gasteiger partial charge in [0.15, 0.2) is 0 Å². The molecule has 12 heteroatoms. The summed E-state index contributed by atoms with van der Waals surface area (Å²) < 4.78 is 0. The molecule has 180 valence electrons. The van der Waals surface area contributed by atoms with Crippen molar-refractivity contribution in [2.45, 2.75) is 76.7 Å². The molecule has 10 N–H and O–H groups in total. The molecule has 0 heterocycles. The number of rotatable bonds is 15. The van der Waals surface area contributed by atoms with Crippen molar-refractivity contribution in [3.8, 4) is 0 Å². The number of amides is 3. The van der Waals surface area contributed by atoms with E-state index in [9.17, 15) is 34.5 Å². The molecular formula is C19H37N5O7. The van der Waals surface area contributed by atoms with Gasteiger partial charge in [-0.25, -0.2) is 4.79 Å². The van der Waals surface area contributed by atoms with Crippen LogP contribution in [0.1, 0.15) is 46.5 Å². The number of unbranched alkanes of at least 4 members (excludes halogenated alkanes) is 1. The van der Waals surface area contributed by atoms with E-state index in [1.807, 2.05) is 0 Å².